The molecule has 0 spiro atoms. The van der Waals surface area contributed by atoms with Gasteiger partial charge in [-0.2, -0.15) is 8.78 Å². The van der Waals surface area contributed by atoms with Gasteiger partial charge in [-0.25, -0.2) is 4.39 Å². The number of hydrogen-bond acceptors (Lipinski definition) is 2. The first-order chi connectivity index (χ1) is 9.97. The molecule has 0 atom stereocenters. The van der Waals surface area contributed by atoms with Crippen LogP contribution in [-0.4, -0.2) is 12.5 Å². The summed E-state index contributed by atoms with van der Waals surface area (Å²) >= 11 is 2.99. The quantitative estimate of drug-likeness (QED) is 0.876. The lowest BCUT2D eigenvalue weighted by atomic mass is 10.2. The van der Waals surface area contributed by atoms with Crippen LogP contribution in [-0.2, 0) is 0 Å². The molecule has 0 heterocycles. The van der Waals surface area contributed by atoms with E-state index in [1.54, 1.807) is 0 Å². The highest BCUT2D eigenvalue weighted by molar-refractivity contribution is 9.10. The van der Waals surface area contributed by atoms with Crippen LogP contribution in [0.2, 0.25) is 0 Å². The van der Waals surface area contributed by atoms with Gasteiger partial charge in [-0.15, -0.1) is 0 Å². The van der Waals surface area contributed by atoms with Gasteiger partial charge >= 0.3 is 6.61 Å². The van der Waals surface area contributed by atoms with Gasteiger partial charge in [-0.1, -0.05) is 12.1 Å². The first-order valence-electron chi connectivity index (χ1n) is 5.77. The molecule has 0 unspecified atom stereocenters. The number of nitrogens with one attached hydrogen (secondary N) is 1. The van der Waals surface area contributed by atoms with Gasteiger partial charge in [0.1, 0.15) is 11.6 Å². The van der Waals surface area contributed by atoms with E-state index in [-0.39, 0.29) is 21.5 Å². The maximum atomic E-state index is 13.4. The summed E-state index contributed by atoms with van der Waals surface area (Å²) in [7, 11) is 0. The summed E-state index contributed by atoms with van der Waals surface area (Å²) in [6.07, 6.45) is 0. The van der Waals surface area contributed by atoms with Crippen molar-refractivity contribution in [3.63, 3.8) is 0 Å². The molecule has 0 aliphatic rings. The molecule has 0 saturated heterocycles. The minimum Gasteiger partial charge on any atom is -0.434 e. The second-order valence-electron chi connectivity index (χ2n) is 3.96. The van der Waals surface area contributed by atoms with Crippen molar-refractivity contribution < 1.29 is 22.7 Å². The van der Waals surface area contributed by atoms with Crippen LogP contribution in [0.4, 0.5) is 18.9 Å². The molecule has 2 aromatic rings. The number of amides is 1. The maximum absolute atomic E-state index is 13.4. The second kappa shape index (κ2) is 6.62. The number of hydrogen-bond donors (Lipinski definition) is 1. The van der Waals surface area contributed by atoms with Crippen LogP contribution in [0, 0.1) is 5.82 Å². The molecule has 7 heteroatoms. The maximum Gasteiger partial charge on any atom is 0.387 e. The third kappa shape index (κ3) is 3.98. The van der Waals surface area contributed by atoms with E-state index in [9.17, 15) is 18.0 Å². The van der Waals surface area contributed by atoms with E-state index in [4.69, 9.17) is 0 Å². The number of anilines is 1. The number of carbonyl (C=O) groups excluding carboxylic acids is 1. The lowest BCUT2D eigenvalue weighted by Crippen LogP contribution is -2.15. The molecule has 0 aliphatic carbocycles. The van der Waals surface area contributed by atoms with Gasteiger partial charge in [0.05, 0.1) is 10.0 Å². The van der Waals surface area contributed by atoms with Gasteiger partial charge in [0.2, 0.25) is 0 Å². The summed E-state index contributed by atoms with van der Waals surface area (Å²) in [5.41, 5.74) is 0.133. The summed E-state index contributed by atoms with van der Waals surface area (Å²) < 4.78 is 42.4. The summed E-state index contributed by atoms with van der Waals surface area (Å²) in [5, 5.41) is 2.42. The highest BCUT2D eigenvalue weighted by Gasteiger charge is 2.15. The zero-order chi connectivity index (χ0) is 15.4. The van der Waals surface area contributed by atoms with Crippen LogP contribution in [0.25, 0.3) is 0 Å². The third-order valence-corrected chi connectivity index (χ3v) is 3.17. The van der Waals surface area contributed by atoms with E-state index in [1.807, 2.05) is 0 Å². The van der Waals surface area contributed by atoms with Crippen LogP contribution in [0.5, 0.6) is 5.75 Å². The lowest BCUT2D eigenvalue weighted by Gasteiger charge is -2.11. The first-order valence-corrected chi connectivity index (χ1v) is 6.57. The van der Waals surface area contributed by atoms with E-state index < -0.39 is 18.3 Å². The number of para-hydroxylation sites is 1. The molecule has 2 aromatic carbocycles. The Hall–Kier alpha value is -2.02. The van der Waals surface area contributed by atoms with Crippen molar-refractivity contribution in [2.24, 2.45) is 0 Å². The fraction of sp³-hybridized carbons (Fsp3) is 0.0714. The van der Waals surface area contributed by atoms with Gasteiger partial charge in [0.15, 0.2) is 0 Å². The Labute approximate surface area is 126 Å². The van der Waals surface area contributed by atoms with Crippen molar-refractivity contribution >= 4 is 27.5 Å². The van der Waals surface area contributed by atoms with Gasteiger partial charge in [-0.05, 0) is 46.3 Å². The van der Waals surface area contributed by atoms with Crippen molar-refractivity contribution in [2.45, 2.75) is 6.61 Å². The molecule has 21 heavy (non-hydrogen) atoms. The number of carbonyl (C=O) groups is 1. The van der Waals surface area contributed by atoms with Crippen molar-refractivity contribution in [1.82, 2.24) is 0 Å². The molecule has 0 bridgehead atoms. The van der Waals surface area contributed by atoms with Crippen LogP contribution in [0.15, 0.2) is 46.9 Å². The third-order valence-electron chi connectivity index (χ3n) is 2.53. The lowest BCUT2D eigenvalue weighted by molar-refractivity contribution is -0.0501. The molecule has 0 aromatic heterocycles. The van der Waals surface area contributed by atoms with Gasteiger partial charge in [0, 0.05) is 5.69 Å². The normalized spacial score (nSPS) is 10.5. The Morgan fingerprint density at radius 1 is 1.19 bits per heavy atom. The van der Waals surface area contributed by atoms with E-state index in [2.05, 4.69) is 26.0 Å². The topological polar surface area (TPSA) is 38.3 Å². The second-order valence-corrected chi connectivity index (χ2v) is 4.81. The summed E-state index contributed by atoms with van der Waals surface area (Å²) in [5.74, 6) is -1.47. The predicted molar refractivity (Wildman–Crippen MR) is 75.1 cm³/mol. The molecule has 0 radical (unpaired) electrons. The molecule has 1 N–H and O–H groups in total. The van der Waals surface area contributed by atoms with Crippen LogP contribution in [0.3, 0.4) is 0 Å². The molecular formula is C14H9BrF3NO2. The smallest absolute Gasteiger partial charge is 0.387 e. The average Bonchev–Trinajstić information content (AvgIpc) is 2.43. The van der Waals surface area contributed by atoms with Crippen LogP contribution in [0.1, 0.15) is 10.4 Å². The highest BCUT2D eigenvalue weighted by Crippen LogP contribution is 2.23. The molecule has 110 valence electrons. The molecular weight excluding hydrogens is 351 g/mol. The Bertz CT molecular complexity index is 664. The van der Waals surface area contributed by atoms with E-state index >= 15 is 0 Å². The Balaban J connectivity index is 2.22. The molecule has 0 fully saturated rings. The van der Waals surface area contributed by atoms with Gasteiger partial charge in [0.25, 0.3) is 5.91 Å². The molecule has 3 nitrogen and oxygen atoms in total. The summed E-state index contributed by atoms with van der Waals surface area (Å²) in [4.78, 5) is 12.0. The molecule has 1 amide bonds. The van der Waals surface area contributed by atoms with E-state index in [0.29, 0.717) is 0 Å². The average molecular weight is 360 g/mol. The summed E-state index contributed by atoms with van der Waals surface area (Å²) in [6.45, 7) is -3.04. The van der Waals surface area contributed by atoms with Gasteiger partial charge < -0.3 is 10.1 Å². The number of halogens is 4. The number of alkyl halides is 2. The Morgan fingerprint density at radius 2 is 1.90 bits per heavy atom. The van der Waals surface area contributed by atoms with Crippen molar-refractivity contribution in [3.8, 4) is 5.75 Å². The molecule has 0 aliphatic heterocycles. The highest BCUT2D eigenvalue weighted by atomic mass is 79.9. The largest absolute Gasteiger partial charge is 0.434 e. The van der Waals surface area contributed by atoms with Crippen molar-refractivity contribution in [2.75, 3.05) is 5.32 Å². The zero-order valence-corrected chi connectivity index (χ0v) is 12.0. The number of benzene rings is 2. The fourth-order valence-corrected chi connectivity index (χ4v) is 1.87. The summed E-state index contributed by atoms with van der Waals surface area (Å²) in [6, 6.07) is 9.57. The van der Waals surface area contributed by atoms with Crippen molar-refractivity contribution in [1.29, 1.82) is 0 Å². The minimum atomic E-state index is -3.04. The van der Waals surface area contributed by atoms with Crippen LogP contribution >= 0.6 is 15.9 Å². The standard InChI is InChI=1S/C14H9BrF3NO2/c15-10-6-5-8(7-11(10)16)19-13(20)9-3-1-2-4-12(9)21-14(17)18/h1-7,14H,(H,19,20). The zero-order valence-electron chi connectivity index (χ0n) is 10.4. The van der Waals surface area contributed by atoms with E-state index in [1.165, 1.54) is 36.4 Å². The van der Waals surface area contributed by atoms with Crippen molar-refractivity contribution in [3.05, 3.63) is 58.3 Å². The monoisotopic (exact) mass is 359 g/mol. The predicted octanol–water partition coefficient (Wildman–Crippen LogP) is 4.44. The first kappa shape index (κ1) is 15.4. The number of ether oxygens (including phenoxy) is 1. The van der Waals surface area contributed by atoms with Crippen LogP contribution < -0.4 is 10.1 Å². The Morgan fingerprint density at radius 3 is 2.57 bits per heavy atom. The van der Waals surface area contributed by atoms with E-state index in [0.717, 1.165) is 6.07 Å². The molecule has 2 rings (SSSR count). The SMILES string of the molecule is O=C(Nc1ccc(Br)c(F)c1)c1ccccc1OC(F)F. The van der Waals surface area contributed by atoms with Gasteiger partial charge in [-0.3, -0.25) is 4.79 Å². The molecule has 0 saturated carbocycles. The Kier molecular flexibility index (Phi) is 4.85. The minimum absolute atomic E-state index is 0.0684. The fourth-order valence-electron chi connectivity index (χ4n) is 1.63. The number of rotatable bonds is 4.